The van der Waals surface area contributed by atoms with E-state index in [1.807, 2.05) is 54.6 Å². The predicted octanol–water partition coefficient (Wildman–Crippen LogP) is 2.86. The summed E-state index contributed by atoms with van der Waals surface area (Å²) < 4.78 is 9.62. The lowest BCUT2D eigenvalue weighted by atomic mass is 10.2. The summed E-state index contributed by atoms with van der Waals surface area (Å²) in [5.74, 6) is -0.369. The van der Waals surface area contributed by atoms with Gasteiger partial charge in [0.2, 0.25) is 0 Å². The van der Waals surface area contributed by atoms with E-state index in [1.54, 1.807) is 0 Å². The minimum absolute atomic E-state index is 0.0623. The maximum atomic E-state index is 10.8. The molecule has 1 amide bonds. The van der Waals surface area contributed by atoms with Gasteiger partial charge in [-0.15, -0.1) is 0 Å². The van der Waals surface area contributed by atoms with E-state index in [0.717, 1.165) is 16.8 Å². The van der Waals surface area contributed by atoms with E-state index in [1.165, 1.54) is 0 Å². The Morgan fingerprint density at radius 1 is 1.12 bits per heavy atom. The molecule has 0 atom stereocenters. The number of carbonyl (C=O) groups excluding carboxylic acids is 2. The highest BCUT2D eigenvalue weighted by atomic mass is 16.6. The van der Waals surface area contributed by atoms with Gasteiger partial charge >= 0.3 is 12.1 Å². The van der Waals surface area contributed by atoms with E-state index in [9.17, 15) is 9.59 Å². The highest BCUT2D eigenvalue weighted by Crippen LogP contribution is 2.19. The number of ether oxygens (including phenoxy) is 2. The van der Waals surface area contributed by atoms with Crippen molar-refractivity contribution >= 4 is 17.7 Å². The SMILES string of the molecule is O=C(CCO)OCc1ccccc1.O=C1Nc2ccccc2CO1. The molecule has 0 aromatic heterocycles. The molecule has 1 heterocycles. The van der Waals surface area contributed by atoms with Gasteiger partial charge in [0.05, 0.1) is 18.7 Å². The van der Waals surface area contributed by atoms with Crippen LogP contribution in [-0.2, 0) is 27.5 Å². The minimum Gasteiger partial charge on any atom is -0.461 e. The zero-order valence-corrected chi connectivity index (χ0v) is 13.1. The molecule has 0 unspecified atom stereocenters. The third kappa shape index (κ3) is 5.73. The van der Waals surface area contributed by atoms with Crippen LogP contribution in [0.4, 0.5) is 10.5 Å². The number of hydrogen-bond acceptors (Lipinski definition) is 5. The number of nitrogens with one attached hydrogen (secondary N) is 1. The molecule has 0 saturated carbocycles. The van der Waals surface area contributed by atoms with E-state index in [0.29, 0.717) is 6.61 Å². The summed E-state index contributed by atoms with van der Waals surface area (Å²) in [7, 11) is 0. The highest BCUT2D eigenvalue weighted by molar-refractivity contribution is 5.87. The van der Waals surface area contributed by atoms with Gasteiger partial charge in [-0.2, -0.15) is 0 Å². The summed E-state index contributed by atoms with van der Waals surface area (Å²) in [6.45, 7) is 0.495. The van der Waals surface area contributed by atoms with Crippen LogP contribution in [0.2, 0.25) is 0 Å². The fourth-order valence-electron chi connectivity index (χ4n) is 1.96. The number of benzene rings is 2. The highest BCUT2D eigenvalue weighted by Gasteiger charge is 2.13. The van der Waals surface area contributed by atoms with Crippen LogP contribution >= 0.6 is 0 Å². The number of aliphatic hydroxyl groups is 1. The molecule has 2 N–H and O–H groups in total. The minimum atomic E-state index is -0.372. The van der Waals surface area contributed by atoms with Gasteiger partial charge in [0.25, 0.3) is 0 Å². The second kappa shape index (κ2) is 9.32. The number of rotatable bonds is 4. The molecule has 2 aromatic rings. The van der Waals surface area contributed by atoms with Crippen LogP contribution in [0.25, 0.3) is 0 Å². The molecule has 1 aliphatic heterocycles. The Bertz CT molecular complexity index is 672. The first-order valence-electron chi connectivity index (χ1n) is 7.51. The predicted molar refractivity (Wildman–Crippen MR) is 88.2 cm³/mol. The second-order valence-electron chi connectivity index (χ2n) is 4.98. The van der Waals surface area contributed by atoms with E-state index >= 15 is 0 Å². The van der Waals surface area contributed by atoms with Crippen LogP contribution in [0.3, 0.4) is 0 Å². The number of esters is 1. The van der Waals surface area contributed by atoms with Gasteiger partial charge in [0.1, 0.15) is 13.2 Å². The van der Waals surface area contributed by atoms with Gasteiger partial charge in [-0.1, -0.05) is 48.5 Å². The number of carbonyl (C=O) groups is 2. The fourth-order valence-corrected chi connectivity index (χ4v) is 1.96. The number of anilines is 1. The van der Waals surface area contributed by atoms with Crippen molar-refractivity contribution < 1.29 is 24.2 Å². The van der Waals surface area contributed by atoms with E-state index in [4.69, 9.17) is 14.6 Å². The van der Waals surface area contributed by atoms with Crippen LogP contribution in [0.1, 0.15) is 17.5 Å². The molecule has 126 valence electrons. The maximum absolute atomic E-state index is 10.8. The molecule has 0 saturated heterocycles. The van der Waals surface area contributed by atoms with Crippen molar-refractivity contribution in [3.63, 3.8) is 0 Å². The van der Waals surface area contributed by atoms with Gasteiger partial charge in [-0.05, 0) is 11.6 Å². The number of cyclic esters (lactones) is 1. The summed E-state index contributed by atoms with van der Waals surface area (Å²) in [6, 6.07) is 17.0. The lowest BCUT2D eigenvalue weighted by molar-refractivity contribution is -0.145. The van der Waals surface area contributed by atoms with Gasteiger partial charge in [-0.3, -0.25) is 10.1 Å². The summed E-state index contributed by atoms with van der Waals surface area (Å²) in [4.78, 5) is 21.5. The van der Waals surface area contributed by atoms with Crippen LogP contribution in [0.5, 0.6) is 0 Å². The zero-order valence-electron chi connectivity index (χ0n) is 13.1. The monoisotopic (exact) mass is 329 g/mol. The molecule has 0 radical (unpaired) electrons. The van der Waals surface area contributed by atoms with Crippen molar-refractivity contribution in [1.82, 2.24) is 0 Å². The van der Waals surface area contributed by atoms with Gasteiger partial charge in [0, 0.05) is 5.56 Å². The van der Waals surface area contributed by atoms with Crippen LogP contribution < -0.4 is 5.32 Å². The molecule has 24 heavy (non-hydrogen) atoms. The average molecular weight is 329 g/mol. The van der Waals surface area contributed by atoms with Crippen LogP contribution in [-0.4, -0.2) is 23.8 Å². The van der Waals surface area contributed by atoms with Crippen LogP contribution in [0.15, 0.2) is 54.6 Å². The first-order chi connectivity index (χ1) is 11.7. The molecule has 2 aromatic carbocycles. The lowest BCUT2D eigenvalue weighted by Crippen LogP contribution is -2.19. The Kier molecular flexibility index (Phi) is 6.79. The first kappa shape index (κ1) is 17.5. The number of fused-ring (bicyclic) bond motifs is 1. The molecule has 0 fully saturated rings. The van der Waals surface area contributed by atoms with Gasteiger partial charge < -0.3 is 14.6 Å². The summed E-state index contributed by atoms with van der Waals surface area (Å²) in [5, 5.41) is 11.0. The van der Waals surface area contributed by atoms with Crippen molar-refractivity contribution in [2.75, 3.05) is 11.9 Å². The Morgan fingerprint density at radius 2 is 1.83 bits per heavy atom. The largest absolute Gasteiger partial charge is 0.461 e. The lowest BCUT2D eigenvalue weighted by Gasteiger charge is -2.16. The van der Waals surface area contributed by atoms with Gasteiger partial charge in [0.15, 0.2) is 0 Å². The smallest absolute Gasteiger partial charge is 0.411 e. The molecule has 6 heteroatoms. The van der Waals surface area contributed by atoms with Crippen molar-refractivity contribution in [1.29, 1.82) is 0 Å². The fraction of sp³-hybridized carbons (Fsp3) is 0.222. The molecular weight excluding hydrogens is 310 g/mol. The summed E-state index contributed by atoms with van der Waals surface area (Å²) >= 11 is 0. The first-order valence-corrected chi connectivity index (χ1v) is 7.51. The average Bonchev–Trinajstić information content (AvgIpc) is 2.61. The Hall–Kier alpha value is -2.86. The van der Waals surface area contributed by atoms with Crippen molar-refractivity contribution in [2.45, 2.75) is 19.6 Å². The number of hydrogen-bond donors (Lipinski definition) is 2. The Balaban J connectivity index is 0.000000175. The Morgan fingerprint density at radius 3 is 2.58 bits per heavy atom. The van der Waals surface area contributed by atoms with Gasteiger partial charge in [-0.25, -0.2) is 4.79 Å². The molecule has 3 rings (SSSR count). The van der Waals surface area contributed by atoms with E-state index in [-0.39, 0.29) is 31.7 Å². The topological polar surface area (TPSA) is 84.9 Å². The third-order valence-electron chi connectivity index (χ3n) is 3.17. The zero-order chi connectivity index (χ0) is 17.2. The molecule has 0 aliphatic carbocycles. The molecule has 1 aliphatic rings. The number of amides is 1. The maximum Gasteiger partial charge on any atom is 0.411 e. The van der Waals surface area contributed by atoms with E-state index in [2.05, 4.69) is 5.32 Å². The number of aliphatic hydroxyl groups excluding tert-OH is 1. The number of para-hydroxylation sites is 1. The molecule has 0 bridgehead atoms. The molecule has 0 spiro atoms. The molecular formula is C18H19NO5. The van der Waals surface area contributed by atoms with Crippen molar-refractivity contribution in [3.05, 3.63) is 65.7 Å². The Labute approximate surface area is 140 Å². The standard InChI is InChI=1S/C10H12O3.C8H7NO2/c11-7-6-10(12)13-8-9-4-2-1-3-5-9;10-8-9-7-4-2-1-3-6(7)5-11-8/h1-5,11H,6-8H2;1-4H,5H2,(H,9,10). The quantitative estimate of drug-likeness (QED) is 0.843. The second-order valence-corrected chi connectivity index (χ2v) is 4.98. The summed E-state index contributed by atoms with van der Waals surface area (Å²) in [5.41, 5.74) is 2.82. The van der Waals surface area contributed by atoms with E-state index < -0.39 is 0 Å². The van der Waals surface area contributed by atoms with Crippen molar-refractivity contribution in [3.8, 4) is 0 Å². The van der Waals surface area contributed by atoms with Crippen molar-refractivity contribution in [2.24, 2.45) is 0 Å². The molecule has 6 nitrogen and oxygen atoms in total. The summed E-state index contributed by atoms with van der Waals surface area (Å²) in [6.07, 6.45) is -0.309. The van der Waals surface area contributed by atoms with Crippen LogP contribution in [0, 0.1) is 0 Å². The third-order valence-corrected chi connectivity index (χ3v) is 3.17. The normalized spacial score (nSPS) is 12.0.